The number of halogens is 1. The van der Waals surface area contributed by atoms with E-state index >= 15 is 0 Å². The van der Waals surface area contributed by atoms with Gasteiger partial charge in [-0.25, -0.2) is 12.8 Å². The van der Waals surface area contributed by atoms with Crippen LogP contribution in [0, 0.1) is 15.9 Å². The van der Waals surface area contributed by atoms with E-state index in [-0.39, 0.29) is 33.3 Å². The predicted octanol–water partition coefficient (Wildman–Crippen LogP) is 3.80. The second-order valence-electron chi connectivity index (χ2n) is 6.24. The number of rotatable bonds is 7. The van der Waals surface area contributed by atoms with Gasteiger partial charge in [0.2, 0.25) is 0 Å². The Hall–Kier alpha value is -3.99. The van der Waals surface area contributed by atoms with Crippen molar-refractivity contribution in [1.82, 2.24) is 0 Å². The first-order valence-corrected chi connectivity index (χ1v) is 10.2. The zero-order valence-corrected chi connectivity index (χ0v) is 16.9. The van der Waals surface area contributed by atoms with Gasteiger partial charge in [-0.2, -0.15) is 0 Å². The summed E-state index contributed by atoms with van der Waals surface area (Å²) in [5.41, 5.74) is -0.0182. The van der Waals surface area contributed by atoms with Crippen LogP contribution in [-0.4, -0.2) is 26.4 Å². The highest BCUT2D eigenvalue weighted by Crippen LogP contribution is 2.25. The maximum absolute atomic E-state index is 13.3. The van der Waals surface area contributed by atoms with Crippen LogP contribution in [0.4, 0.5) is 21.5 Å². The van der Waals surface area contributed by atoms with Crippen LogP contribution in [0.15, 0.2) is 71.6 Å². The van der Waals surface area contributed by atoms with Crippen LogP contribution in [0.3, 0.4) is 0 Å². The van der Waals surface area contributed by atoms with Gasteiger partial charge in [-0.3, -0.25) is 19.6 Å². The molecule has 3 aromatic rings. The molecule has 0 saturated heterocycles. The summed E-state index contributed by atoms with van der Waals surface area (Å²) in [6.07, 6.45) is 0. The maximum atomic E-state index is 13.3. The maximum Gasteiger partial charge on any atom is 0.270 e. The molecule has 160 valence electrons. The number of carbonyl (C=O) groups is 1. The number of nitro benzene ring substituents is 1. The molecule has 0 spiro atoms. The van der Waals surface area contributed by atoms with E-state index in [2.05, 4.69) is 10.0 Å². The summed E-state index contributed by atoms with van der Waals surface area (Å²) >= 11 is 0. The summed E-state index contributed by atoms with van der Waals surface area (Å²) in [6, 6.07) is 13.8. The van der Waals surface area contributed by atoms with Crippen molar-refractivity contribution in [1.29, 1.82) is 0 Å². The fraction of sp³-hybridized carbons (Fsp3) is 0.0500. The number of carbonyl (C=O) groups excluding carboxylic acids is 1. The number of methoxy groups -OCH3 is 1. The lowest BCUT2D eigenvalue weighted by Crippen LogP contribution is -2.15. The van der Waals surface area contributed by atoms with Crippen molar-refractivity contribution in [3.05, 3.63) is 88.2 Å². The van der Waals surface area contributed by atoms with Crippen molar-refractivity contribution in [2.45, 2.75) is 4.90 Å². The first kappa shape index (κ1) is 21.7. The molecular formula is C20H16FN3O6S. The Morgan fingerprint density at radius 3 is 2.35 bits per heavy atom. The minimum Gasteiger partial charge on any atom is -0.496 e. The Balaban J connectivity index is 1.78. The summed E-state index contributed by atoms with van der Waals surface area (Å²) in [5.74, 6) is -1.12. The molecule has 0 aliphatic carbocycles. The molecule has 2 N–H and O–H groups in total. The van der Waals surface area contributed by atoms with E-state index in [1.807, 2.05) is 0 Å². The standard InChI is InChI=1S/C20H16FN3O6S/c1-30-19-10-7-16(24(26)27)12-18(19)20(25)22-14-5-8-17(9-6-14)31(28,29)23-15-4-2-3-13(21)11-15/h2-12,23H,1H3,(H,22,25). The van der Waals surface area contributed by atoms with Gasteiger partial charge in [-0.1, -0.05) is 6.07 Å². The van der Waals surface area contributed by atoms with Crippen molar-refractivity contribution >= 4 is 33.0 Å². The largest absolute Gasteiger partial charge is 0.496 e. The van der Waals surface area contributed by atoms with Gasteiger partial charge in [0.15, 0.2) is 0 Å². The van der Waals surface area contributed by atoms with Gasteiger partial charge in [-0.15, -0.1) is 0 Å². The van der Waals surface area contributed by atoms with E-state index in [0.717, 1.165) is 12.1 Å². The van der Waals surface area contributed by atoms with Crippen LogP contribution in [0.2, 0.25) is 0 Å². The zero-order chi connectivity index (χ0) is 22.6. The van der Waals surface area contributed by atoms with E-state index in [1.165, 1.54) is 61.7 Å². The third-order valence-electron chi connectivity index (χ3n) is 4.14. The lowest BCUT2D eigenvalue weighted by atomic mass is 10.1. The number of hydrogen-bond acceptors (Lipinski definition) is 6. The molecule has 0 aliphatic heterocycles. The molecule has 1 amide bonds. The molecule has 3 aromatic carbocycles. The van der Waals surface area contributed by atoms with Gasteiger partial charge < -0.3 is 10.1 Å². The van der Waals surface area contributed by atoms with Gasteiger partial charge in [0.25, 0.3) is 21.6 Å². The molecule has 0 aromatic heterocycles. The SMILES string of the molecule is COc1ccc([N+](=O)[O-])cc1C(=O)Nc1ccc(S(=O)(=O)Nc2cccc(F)c2)cc1. The van der Waals surface area contributed by atoms with Crippen LogP contribution in [0.25, 0.3) is 0 Å². The quantitative estimate of drug-likeness (QED) is 0.421. The molecule has 0 bridgehead atoms. The lowest BCUT2D eigenvalue weighted by Gasteiger charge is -2.11. The van der Waals surface area contributed by atoms with E-state index in [9.17, 15) is 27.7 Å². The van der Waals surface area contributed by atoms with Gasteiger partial charge in [-0.05, 0) is 48.5 Å². The van der Waals surface area contributed by atoms with Crippen LogP contribution in [-0.2, 0) is 10.0 Å². The monoisotopic (exact) mass is 445 g/mol. The number of amides is 1. The molecule has 0 heterocycles. The number of hydrogen-bond donors (Lipinski definition) is 2. The molecular weight excluding hydrogens is 429 g/mol. The van der Waals surface area contributed by atoms with E-state index in [0.29, 0.717) is 0 Å². The lowest BCUT2D eigenvalue weighted by molar-refractivity contribution is -0.384. The molecule has 0 fully saturated rings. The number of sulfonamides is 1. The molecule has 0 atom stereocenters. The summed E-state index contributed by atoms with van der Waals surface area (Å²) in [7, 11) is -2.66. The highest BCUT2D eigenvalue weighted by molar-refractivity contribution is 7.92. The van der Waals surface area contributed by atoms with Crippen molar-refractivity contribution in [3.8, 4) is 5.75 Å². The fourth-order valence-electron chi connectivity index (χ4n) is 2.67. The summed E-state index contributed by atoms with van der Waals surface area (Å²) < 4.78 is 45.5. The number of anilines is 2. The average molecular weight is 445 g/mol. The number of nitro groups is 1. The molecule has 31 heavy (non-hydrogen) atoms. The van der Waals surface area contributed by atoms with Gasteiger partial charge in [0.1, 0.15) is 11.6 Å². The minimum absolute atomic E-state index is 0.0545. The second kappa shape index (κ2) is 8.79. The molecule has 0 aliphatic rings. The molecule has 11 heteroatoms. The van der Waals surface area contributed by atoms with Crippen molar-refractivity contribution in [2.75, 3.05) is 17.1 Å². The Kier molecular flexibility index (Phi) is 6.16. The summed E-state index contributed by atoms with van der Waals surface area (Å²) in [4.78, 5) is 22.8. The molecule has 0 saturated carbocycles. The third kappa shape index (κ3) is 5.14. The fourth-order valence-corrected chi connectivity index (χ4v) is 3.72. The summed E-state index contributed by atoms with van der Waals surface area (Å²) in [5, 5.41) is 13.5. The van der Waals surface area contributed by atoms with E-state index in [1.54, 1.807) is 0 Å². The van der Waals surface area contributed by atoms with Crippen molar-refractivity contribution in [2.24, 2.45) is 0 Å². The number of nitrogens with zero attached hydrogens (tertiary/aromatic N) is 1. The average Bonchev–Trinajstić information content (AvgIpc) is 2.73. The van der Waals surface area contributed by atoms with Gasteiger partial charge >= 0.3 is 0 Å². The molecule has 0 radical (unpaired) electrons. The topological polar surface area (TPSA) is 128 Å². The Bertz CT molecular complexity index is 1250. The Morgan fingerprint density at radius 1 is 1.03 bits per heavy atom. The molecule has 9 nitrogen and oxygen atoms in total. The van der Waals surface area contributed by atoms with Crippen LogP contribution in [0.1, 0.15) is 10.4 Å². The third-order valence-corrected chi connectivity index (χ3v) is 5.54. The zero-order valence-electron chi connectivity index (χ0n) is 16.0. The van der Waals surface area contributed by atoms with Crippen LogP contribution >= 0.6 is 0 Å². The highest BCUT2D eigenvalue weighted by atomic mass is 32.2. The Labute approximate surface area is 176 Å². The molecule has 0 unspecified atom stereocenters. The van der Waals surface area contributed by atoms with E-state index in [4.69, 9.17) is 4.74 Å². The summed E-state index contributed by atoms with van der Waals surface area (Å²) in [6.45, 7) is 0. The number of non-ortho nitro benzene ring substituents is 1. The Morgan fingerprint density at radius 2 is 1.74 bits per heavy atom. The van der Waals surface area contributed by atoms with Crippen LogP contribution in [0.5, 0.6) is 5.75 Å². The van der Waals surface area contributed by atoms with Crippen molar-refractivity contribution in [3.63, 3.8) is 0 Å². The van der Waals surface area contributed by atoms with Gasteiger partial charge in [0.05, 0.1) is 28.2 Å². The first-order chi connectivity index (χ1) is 14.7. The predicted molar refractivity (Wildman–Crippen MR) is 111 cm³/mol. The molecule has 3 rings (SSSR count). The normalized spacial score (nSPS) is 10.9. The van der Waals surface area contributed by atoms with E-state index < -0.39 is 26.7 Å². The van der Waals surface area contributed by atoms with Crippen molar-refractivity contribution < 1.29 is 27.3 Å². The number of ether oxygens (including phenoxy) is 1. The second-order valence-corrected chi connectivity index (χ2v) is 7.92. The van der Waals surface area contributed by atoms with Gasteiger partial charge in [0, 0.05) is 17.8 Å². The first-order valence-electron chi connectivity index (χ1n) is 8.72. The number of benzene rings is 3. The minimum atomic E-state index is -3.98. The van der Waals surface area contributed by atoms with Crippen LogP contribution < -0.4 is 14.8 Å². The number of nitrogens with one attached hydrogen (secondary N) is 2. The highest BCUT2D eigenvalue weighted by Gasteiger charge is 2.19. The smallest absolute Gasteiger partial charge is 0.270 e.